The molecule has 4 nitrogen and oxygen atoms in total. The van der Waals surface area contributed by atoms with E-state index in [0.29, 0.717) is 29.6 Å². The van der Waals surface area contributed by atoms with E-state index < -0.39 is 0 Å². The van der Waals surface area contributed by atoms with Crippen LogP contribution in [0.25, 0.3) is 0 Å². The molecule has 2 unspecified atom stereocenters. The molecular weight excluding hydrogens is 348 g/mol. The highest BCUT2D eigenvalue weighted by atomic mass is 16.3. The Kier molecular flexibility index (Phi) is 7.52. The predicted molar refractivity (Wildman–Crippen MR) is 113 cm³/mol. The summed E-state index contributed by atoms with van der Waals surface area (Å²) in [5.74, 6) is 2.91. The van der Waals surface area contributed by atoms with Gasteiger partial charge in [0.05, 0.1) is 5.56 Å². The van der Waals surface area contributed by atoms with Crippen LogP contribution in [0.1, 0.15) is 87.9 Å². The molecule has 0 radical (unpaired) electrons. The monoisotopic (exact) mass is 384 g/mol. The van der Waals surface area contributed by atoms with Crippen LogP contribution in [-0.4, -0.2) is 20.2 Å². The largest absolute Gasteiger partial charge is 0.493 e. The van der Waals surface area contributed by atoms with E-state index in [-0.39, 0.29) is 17.7 Å². The molecule has 0 saturated heterocycles. The molecule has 154 valence electrons. The average Bonchev–Trinajstić information content (AvgIpc) is 2.69. The lowest BCUT2D eigenvalue weighted by molar-refractivity contribution is 0.254. The molecule has 4 heteroatoms. The van der Waals surface area contributed by atoms with Crippen LogP contribution in [0, 0.1) is 17.8 Å². The molecule has 0 aliphatic heterocycles. The zero-order chi connectivity index (χ0) is 19.9. The topological polar surface area (TPSA) is 66.2 Å². The first-order chi connectivity index (χ1) is 13.6. The molecule has 0 aromatic carbocycles. The number of rotatable bonds is 8. The molecule has 2 fully saturated rings. The van der Waals surface area contributed by atoms with Crippen LogP contribution >= 0.6 is 0 Å². The lowest BCUT2D eigenvalue weighted by Gasteiger charge is -2.29. The van der Waals surface area contributed by atoms with Crippen LogP contribution < -0.4 is 0 Å². The maximum absolute atomic E-state index is 10.5. The average molecular weight is 385 g/mol. The van der Waals surface area contributed by atoms with Crippen molar-refractivity contribution in [2.45, 2.75) is 83.0 Å². The summed E-state index contributed by atoms with van der Waals surface area (Å²) in [7, 11) is 0. The molecular formula is C24H36N2O2. The number of hydrogen-bond acceptors (Lipinski definition) is 4. The van der Waals surface area contributed by atoms with Gasteiger partial charge in [0.1, 0.15) is 5.82 Å². The standard InChI is InChI=1S/C24H36N2O2/c1-3-6-17-10-13-20(14-11-17)22-25-23(27)21(24(28)26-22)15-12-19-9-5-8-18(16-19)7-4-2/h3-4,17-20H,1-2,5-16H2,(H2,25,26,27,28). The molecule has 0 spiro atoms. The van der Waals surface area contributed by atoms with Crippen LogP contribution in [0.4, 0.5) is 0 Å². The second-order valence-corrected chi connectivity index (χ2v) is 8.91. The Morgan fingerprint density at radius 1 is 0.821 bits per heavy atom. The molecule has 1 heterocycles. The van der Waals surface area contributed by atoms with Gasteiger partial charge in [-0.3, -0.25) is 0 Å². The van der Waals surface area contributed by atoms with E-state index in [2.05, 4.69) is 23.1 Å². The summed E-state index contributed by atoms with van der Waals surface area (Å²) < 4.78 is 0. The minimum absolute atomic E-state index is 0.0193. The number of allylic oxidation sites excluding steroid dienone is 2. The van der Waals surface area contributed by atoms with E-state index in [1.165, 1.54) is 25.7 Å². The molecule has 2 atom stereocenters. The fourth-order valence-electron chi connectivity index (χ4n) is 5.24. The van der Waals surface area contributed by atoms with Crippen molar-refractivity contribution in [2.75, 3.05) is 0 Å². The van der Waals surface area contributed by atoms with Crippen molar-refractivity contribution in [3.63, 3.8) is 0 Å². The Morgan fingerprint density at radius 3 is 2.07 bits per heavy atom. The molecule has 1 aromatic rings. The number of nitrogens with zero attached hydrogens (tertiary/aromatic N) is 2. The molecule has 28 heavy (non-hydrogen) atoms. The van der Waals surface area contributed by atoms with Crippen molar-refractivity contribution >= 4 is 0 Å². The van der Waals surface area contributed by atoms with Crippen molar-refractivity contribution in [1.82, 2.24) is 9.97 Å². The van der Waals surface area contributed by atoms with Gasteiger partial charge in [-0.05, 0) is 75.5 Å². The van der Waals surface area contributed by atoms with Crippen molar-refractivity contribution < 1.29 is 10.2 Å². The fraction of sp³-hybridized carbons (Fsp3) is 0.667. The summed E-state index contributed by atoms with van der Waals surface area (Å²) in [6.07, 6.45) is 17.2. The van der Waals surface area contributed by atoms with Crippen LogP contribution in [0.2, 0.25) is 0 Å². The van der Waals surface area contributed by atoms with E-state index in [1.807, 2.05) is 12.2 Å². The van der Waals surface area contributed by atoms with Gasteiger partial charge in [0.25, 0.3) is 0 Å². The summed E-state index contributed by atoms with van der Waals surface area (Å²) in [4.78, 5) is 8.78. The first-order valence-electron chi connectivity index (χ1n) is 11.1. The Hall–Kier alpha value is -1.84. The van der Waals surface area contributed by atoms with Gasteiger partial charge in [-0.1, -0.05) is 31.4 Å². The summed E-state index contributed by atoms with van der Waals surface area (Å²) >= 11 is 0. The second kappa shape index (κ2) is 10.1. The molecule has 1 aromatic heterocycles. The van der Waals surface area contributed by atoms with Gasteiger partial charge in [0.15, 0.2) is 0 Å². The first kappa shape index (κ1) is 20.9. The molecule has 0 bridgehead atoms. The molecule has 0 amide bonds. The Balaban J connectivity index is 1.58. The first-order valence-corrected chi connectivity index (χ1v) is 11.1. The number of aromatic nitrogens is 2. The van der Waals surface area contributed by atoms with Gasteiger partial charge in [-0.25, -0.2) is 0 Å². The van der Waals surface area contributed by atoms with E-state index in [9.17, 15) is 10.2 Å². The third kappa shape index (κ3) is 5.36. The molecule has 2 aliphatic rings. The molecule has 2 saturated carbocycles. The lowest BCUT2D eigenvalue weighted by atomic mass is 9.77. The van der Waals surface area contributed by atoms with Crippen molar-refractivity contribution in [3.8, 4) is 11.8 Å². The maximum Gasteiger partial charge on any atom is 0.221 e. The SMILES string of the molecule is C=CCC1CCC(c2nc(O)c(CCC3CCCC(CC=C)C3)c(O)n2)CC1. The Bertz CT molecular complexity index is 642. The summed E-state index contributed by atoms with van der Waals surface area (Å²) in [6.45, 7) is 7.70. The predicted octanol–water partition coefficient (Wildman–Crippen LogP) is 6.05. The highest BCUT2D eigenvalue weighted by Crippen LogP contribution is 2.39. The highest BCUT2D eigenvalue weighted by molar-refractivity contribution is 5.34. The minimum Gasteiger partial charge on any atom is -0.493 e. The lowest BCUT2D eigenvalue weighted by Crippen LogP contribution is -2.17. The molecule has 2 N–H and O–H groups in total. The van der Waals surface area contributed by atoms with E-state index in [4.69, 9.17) is 0 Å². The molecule has 3 rings (SSSR count). The summed E-state index contributed by atoms with van der Waals surface area (Å²) in [5.41, 5.74) is 0.523. The fourth-order valence-corrected chi connectivity index (χ4v) is 5.24. The van der Waals surface area contributed by atoms with Gasteiger partial charge in [-0.2, -0.15) is 9.97 Å². The van der Waals surface area contributed by atoms with Crippen LogP contribution in [0.5, 0.6) is 11.8 Å². The highest BCUT2D eigenvalue weighted by Gasteiger charge is 2.26. The van der Waals surface area contributed by atoms with Gasteiger partial charge in [0.2, 0.25) is 11.8 Å². The normalized spacial score (nSPS) is 28.0. The third-order valence-electron chi connectivity index (χ3n) is 6.89. The van der Waals surface area contributed by atoms with E-state index in [1.54, 1.807) is 0 Å². The minimum atomic E-state index is -0.0193. The van der Waals surface area contributed by atoms with Crippen molar-refractivity contribution in [2.24, 2.45) is 17.8 Å². The zero-order valence-corrected chi connectivity index (χ0v) is 17.2. The third-order valence-corrected chi connectivity index (χ3v) is 6.89. The number of aromatic hydroxyl groups is 2. The Labute approximate surface area is 169 Å². The van der Waals surface area contributed by atoms with Gasteiger partial charge < -0.3 is 10.2 Å². The van der Waals surface area contributed by atoms with Crippen molar-refractivity contribution in [1.29, 1.82) is 0 Å². The number of hydrogen-bond donors (Lipinski definition) is 2. The molecule has 2 aliphatic carbocycles. The quantitative estimate of drug-likeness (QED) is 0.535. The van der Waals surface area contributed by atoms with Gasteiger partial charge >= 0.3 is 0 Å². The van der Waals surface area contributed by atoms with Crippen LogP contribution in [0.15, 0.2) is 25.3 Å². The zero-order valence-electron chi connectivity index (χ0n) is 17.2. The second-order valence-electron chi connectivity index (χ2n) is 8.91. The summed E-state index contributed by atoms with van der Waals surface area (Å²) in [6, 6.07) is 0. The van der Waals surface area contributed by atoms with E-state index >= 15 is 0 Å². The van der Waals surface area contributed by atoms with Crippen LogP contribution in [-0.2, 0) is 6.42 Å². The Morgan fingerprint density at radius 2 is 1.43 bits per heavy atom. The van der Waals surface area contributed by atoms with Gasteiger partial charge in [-0.15, -0.1) is 13.2 Å². The summed E-state index contributed by atoms with van der Waals surface area (Å²) in [5, 5.41) is 20.9. The maximum atomic E-state index is 10.5. The van der Waals surface area contributed by atoms with E-state index in [0.717, 1.165) is 50.9 Å². The van der Waals surface area contributed by atoms with Crippen LogP contribution in [0.3, 0.4) is 0 Å². The smallest absolute Gasteiger partial charge is 0.221 e. The van der Waals surface area contributed by atoms with Gasteiger partial charge in [0, 0.05) is 5.92 Å². The van der Waals surface area contributed by atoms with Crippen molar-refractivity contribution in [3.05, 3.63) is 36.7 Å².